The molecular weight excluding hydrogens is 454 g/mol. The third-order valence-electron chi connectivity index (χ3n) is 4.90. The van der Waals surface area contributed by atoms with Crippen LogP contribution in [0.4, 0.5) is 5.69 Å². The number of rotatable bonds is 9. The number of likely N-dealkylation sites (N-methyl/N-ethyl adjacent to an activating group) is 1. The van der Waals surface area contributed by atoms with Crippen molar-refractivity contribution < 1.29 is 22.8 Å². The molecule has 2 aromatic rings. The summed E-state index contributed by atoms with van der Waals surface area (Å²) in [7, 11) is -2.40. The summed E-state index contributed by atoms with van der Waals surface area (Å²) < 4.78 is 25.9. The number of benzene rings is 2. The Morgan fingerprint density at radius 3 is 2.25 bits per heavy atom. The molecule has 0 aliphatic heterocycles. The minimum atomic E-state index is -3.86. The zero-order valence-electron chi connectivity index (χ0n) is 18.3. The minimum absolute atomic E-state index is 0.0790. The number of hydrogen-bond donors (Lipinski definition) is 1. The number of sulfonamides is 1. The zero-order valence-corrected chi connectivity index (χ0v) is 19.9. The van der Waals surface area contributed by atoms with Gasteiger partial charge in [0, 0.05) is 24.2 Å². The normalized spacial score (nSPS) is 12.0. The molecule has 2 amide bonds. The Morgan fingerprint density at radius 2 is 1.72 bits per heavy atom. The van der Waals surface area contributed by atoms with Crippen LogP contribution in [0.25, 0.3) is 0 Å². The van der Waals surface area contributed by atoms with Gasteiger partial charge >= 0.3 is 0 Å². The zero-order chi connectivity index (χ0) is 24.1. The van der Waals surface area contributed by atoms with E-state index in [1.807, 2.05) is 0 Å². The van der Waals surface area contributed by atoms with E-state index in [1.54, 1.807) is 43.3 Å². The summed E-state index contributed by atoms with van der Waals surface area (Å²) in [5.41, 5.74) is 1.23. The molecule has 0 fully saturated rings. The average molecular weight is 480 g/mol. The van der Waals surface area contributed by atoms with Crippen molar-refractivity contribution in [2.75, 3.05) is 24.2 Å². The lowest BCUT2D eigenvalue weighted by Gasteiger charge is -2.31. The number of nitrogens with one attached hydrogen (secondary N) is 1. The fraction of sp³-hybridized carbons (Fsp3) is 0.318. The molecule has 0 saturated carbocycles. The maximum absolute atomic E-state index is 13.3. The van der Waals surface area contributed by atoms with E-state index < -0.39 is 34.4 Å². The third-order valence-corrected chi connectivity index (χ3v) is 6.29. The van der Waals surface area contributed by atoms with Crippen molar-refractivity contribution in [3.05, 3.63) is 64.7 Å². The van der Waals surface area contributed by atoms with E-state index in [0.717, 1.165) is 16.1 Å². The quantitative estimate of drug-likeness (QED) is 0.556. The van der Waals surface area contributed by atoms with Gasteiger partial charge in [-0.05, 0) is 43.7 Å². The lowest BCUT2D eigenvalue weighted by atomic mass is 10.1. The van der Waals surface area contributed by atoms with Crippen molar-refractivity contribution in [1.29, 1.82) is 0 Å². The first-order valence-electron chi connectivity index (χ1n) is 9.78. The number of hydrogen-bond acceptors (Lipinski definition) is 5. The fourth-order valence-corrected chi connectivity index (χ4v) is 4.04. The molecule has 0 aromatic heterocycles. The van der Waals surface area contributed by atoms with Crippen LogP contribution >= 0.6 is 11.6 Å². The molecule has 2 rings (SSSR count). The van der Waals surface area contributed by atoms with Gasteiger partial charge in [-0.1, -0.05) is 35.9 Å². The van der Waals surface area contributed by atoms with Crippen LogP contribution in [0.3, 0.4) is 0 Å². The van der Waals surface area contributed by atoms with Crippen LogP contribution in [0.1, 0.15) is 29.8 Å². The fourth-order valence-electron chi connectivity index (χ4n) is 3.07. The maximum atomic E-state index is 13.3. The van der Waals surface area contributed by atoms with Gasteiger partial charge in [0.15, 0.2) is 5.78 Å². The van der Waals surface area contributed by atoms with Gasteiger partial charge < -0.3 is 10.2 Å². The van der Waals surface area contributed by atoms with Crippen LogP contribution in [-0.2, 0) is 26.2 Å². The van der Waals surface area contributed by atoms with Crippen LogP contribution in [0.5, 0.6) is 0 Å². The van der Waals surface area contributed by atoms with Crippen LogP contribution in [0, 0.1) is 0 Å². The summed E-state index contributed by atoms with van der Waals surface area (Å²) in [5, 5.41) is 3.03. The lowest BCUT2D eigenvalue weighted by molar-refractivity contribution is -0.139. The molecule has 0 aliphatic carbocycles. The number of halogens is 1. The van der Waals surface area contributed by atoms with Crippen molar-refractivity contribution in [3.8, 4) is 0 Å². The van der Waals surface area contributed by atoms with Gasteiger partial charge in [0.1, 0.15) is 12.6 Å². The summed E-state index contributed by atoms with van der Waals surface area (Å²) in [6, 6.07) is 12.0. The Kier molecular flexibility index (Phi) is 8.40. The van der Waals surface area contributed by atoms with E-state index in [1.165, 1.54) is 31.0 Å². The standard InChI is InChI=1S/C22H26ClN3O5S/c1-15(22(29)24-3)25(13-17-8-10-19(23)11-9-17)21(28)14-26(32(4,30)31)20-7-5-6-18(12-20)16(2)27/h5-12,15H,13-14H2,1-4H3,(H,24,29)/t15-/m1/s1. The first-order chi connectivity index (χ1) is 14.9. The lowest BCUT2D eigenvalue weighted by Crippen LogP contribution is -2.50. The smallest absolute Gasteiger partial charge is 0.244 e. The first-order valence-corrected chi connectivity index (χ1v) is 12.0. The van der Waals surface area contributed by atoms with Crippen LogP contribution in [0.15, 0.2) is 48.5 Å². The monoisotopic (exact) mass is 479 g/mol. The van der Waals surface area contributed by atoms with E-state index in [0.29, 0.717) is 10.6 Å². The largest absolute Gasteiger partial charge is 0.357 e. The van der Waals surface area contributed by atoms with Crippen molar-refractivity contribution >= 4 is 44.9 Å². The highest BCUT2D eigenvalue weighted by molar-refractivity contribution is 7.92. The number of carbonyl (C=O) groups excluding carboxylic acids is 3. The highest BCUT2D eigenvalue weighted by atomic mass is 35.5. The average Bonchev–Trinajstić information content (AvgIpc) is 2.75. The predicted octanol–water partition coefficient (Wildman–Crippen LogP) is 2.47. The molecule has 10 heteroatoms. The van der Waals surface area contributed by atoms with Crippen molar-refractivity contribution in [2.24, 2.45) is 0 Å². The number of anilines is 1. The molecule has 172 valence electrons. The van der Waals surface area contributed by atoms with Crippen molar-refractivity contribution in [1.82, 2.24) is 10.2 Å². The summed E-state index contributed by atoms with van der Waals surface area (Å²) in [4.78, 5) is 38.6. The predicted molar refractivity (Wildman–Crippen MR) is 124 cm³/mol. The summed E-state index contributed by atoms with van der Waals surface area (Å²) >= 11 is 5.93. The molecule has 8 nitrogen and oxygen atoms in total. The van der Waals surface area contributed by atoms with E-state index in [9.17, 15) is 22.8 Å². The highest BCUT2D eigenvalue weighted by Gasteiger charge is 2.29. The number of amides is 2. The van der Waals surface area contributed by atoms with E-state index >= 15 is 0 Å². The highest BCUT2D eigenvalue weighted by Crippen LogP contribution is 2.21. The number of nitrogens with zero attached hydrogens (tertiary/aromatic N) is 2. The maximum Gasteiger partial charge on any atom is 0.244 e. The Hall–Kier alpha value is -2.91. The molecule has 0 radical (unpaired) electrons. The van der Waals surface area contributed by atoms with Gasteiger partial charge in [-0.3, -0.25) is 18.7 Å². The Balaban J connectivity index is 2.41. The molecule has 32 heavy (non-hydrogen) atoms. The summed E-state index contributed by atoms with van der Waals surface area (Å²) in [5.74, 6) is -1.20. The molecule has 1 N–H and O–H groups in total. The van der Waals surface area contributed by atoms with Gasteiger partial charge in [0.25, 0.3) is 0 Å². The van der Waals surface area contributed by atoms with Gasteiger partial charge in [-0.15, -0.1) is 0 Å². The Labute approximate surface area is 193 Å². The topological polar surface area (TPSA) is 104 Å². The molecule has 0 heterocycles. The Bertz CT molecular complexity index is 1100. The number of Topliss-reactive ketones (excluding diaryl/α,β-unsaturated/α-hetero) is 1. The van der Waals surface area contributed by atoms with E-state index in [-0.39, 0.29) is 18.0 Å². The molecular formula is C22H26ClN3O5S. The van der Waals surface area contributed by atoms with E-state index in [4.69, 9.17) is 11.6 Å². The third kappa shape index (κ3) is 6.54. The van der Waals surface area contributed by atoms with Crippen molar-refractivity contribution in [2.45, 2.75) is 26.4 Å². The van der Waals surface area contributed by atoms with Crippen LogP contribution in [0.2, 0.25) is 5.02 Å². The summed E-state index contributed by atoms with van der Waals surface area (Å²) in [6.07, 6.45) is 0.979. The molecule has 2 aromatic carbocycles. The first kappa shape index (κ1) is 25.4. The summed E-state index contributed by atoms with van der Waals surface area (Å²) in [6.45, 7) is 2.48. The van der Waals surface area contributed by atoms with Gasteiger partial charge in [-0.2, -0.15) is 0 Å². The second-order valence-corrected chi connectivity index (χ2v) is 9.66. The van der Waals surface area contributed by atoms with Gasteiger partial charge in [0.2, 0.25) is 21.8 Å². The SMILES string of the molecule is CNC(=O)[C@@H](C)N(Cc1ccc(Cl)cc1)C(=O)CN(c1cccc(C(C)=O)c1)S(C)(=O)=O. The molecule has 0 spiro atoms. The van der Waals surface area contributed by atoms with Crippen molar-refractivity contribution in [3.63, 3.8) is 0 Å². The second kappa shape index (κ2) is 10.6. The molecule has 0 saturated heterocycles. The molecule has 0 unspecified atom stereocenters. The van der Waals surface area contributed by atoms with Gasteiger partial charge in [-0.25, -0.2) is 8.42 Å². The molecule has 1 atom stereocenters. The minimum Gasteiger partial charge on any atom is -0.357 e. The van der Waals surface area contributed by atoms with E-state index in [2.05, 4.69) is 5.32 Å². The van der Waals surface area contributed by atoms with Gasteiger partial charge in [0.05, 0.1) is 11.9 Å². The number of carbonyl (C=O) groups is 3. The Morgan fingerprint density at radius 1 is 1.09 bits per heavy atom. The molecule has 0 aliphatic rings. The number of ketones is 1. The molecule has 0 bridgehead atoms. The van der Waals surface area contributed by atoms with Crippen LogP contribution < -0.4 is 9.62 Å². The second-order valence-electron chi connectivity index (χ2n) is 7.31. The van der Waals surface area contributed by atoms with Crippen LogP contribution in [-0.4, -0.2) is 56.8 Å².